The van der Waals surface area contributed by atoms with Crippen molar-refractivity contribution in [3.8, 4) is 0 Å². The van der Waals surface area contributed by atoms with Crippen LogP contribution in [-0.4, -0.2) is 22.9 Å². The maximum atomic E-state index is 11.9. The van der Waals surface area contributed by atoms with E-state index in [0.29, 0.717) is 5.75 Å². The lowest BCUT2D eigenvalue weighted by atomic mass is 10.1. The molecule has 0 unspecified atom stereocenters. The summed E-state index contributed by atoms with van der Waals surface area (Å²) in [6.45, 7) is 1.92. The van der Waals surface area contributed by atoms with Gasteiger partial charge in [0.1, 0.15) is 6.04 Å². The molecule has 0 bridgehead atoms. The molecule has 0 saturated carbocycles. The van der Waals surface area contributed by atoms with Crippen LogP contribution in [0.2, 0.25) is 0 Å². The van der Waals surface area contributed by atoms with Crippen LogP contribution in [0, 0.1) is 0 Å². The molecule has 2 N–H and O–H groups in total. The van der Waals surface area contributed by atoms with Gasteiger partial charge in [0.25, 0.3) is 5.24 Å². The summed E-state index contributed by atoms with van der Waals surface area (Å²) in [4.78, 5) is 22.9. The van der Waals surface area contributed by atoms with Crippen molar-refractivity contribution in [3.05, 3.63) is 34.3 Å². The molecule has 18 heavy (non-hydrogen) atoms. The van der Waals surface area contributed by atoms with E-state index in [9.17, 15) is 9.59 Å². The summed E-state index contributed by atoms with van der Waals surface area (Å²) in [7, 11) is 0. The van der Waals surface area contributed by atoms with E-state index in [4.69, 9.17) is 0 Å². The van der Waals surface area contributed by atoms with Crippen LogP contribution in [0.3, 0.4) is 0 Å². The summed E-state index contributed by atoms with van der Waals surface area (Å²) in [6.07, 6.45) is 0. The summed E-state index contributed by atoms with van der Waals surface area (Å²) in [5.41, 5.74) is 1.03. The zero-order valence-corrected chi connectivity index (χ0v) is 12.2. The Labute approximate surface area is 118 Å². The molecule has 1 aliphatic rings. The Bertz CT molecular complexity index is 464. The van der Waals surface area contributed by atoms with Crippen molar-refractivity contribution in [1.82, 2.24) is 10.6 Å². The molecule has 0 radical (unpaired) electrons. The van der Waals surface area contributed by atoms with Crippen LogP contribution in [0.25, 0.3) is 0 Å². The number of thioether (sulfide) groups is 1. The summed E-state index contributed by atoms with van der Waals surface area (Å²) in [5.74, 6) is 0.362. The number of rotatable bonds is 3. The van der Waals surface area contributed by atoms with Crippen molar-refractivity contribution in [3.63, 3.8) is 0 Å². The molecule has 1 fully saturated rings. The van der Waals surface area contributed by atoms with Crippen molar-refractivity contribution < 1.29 is 9.59 Å². The van der Waals surface area contributed by atoms with Gasteiger partial charge in [-0.3, -0.25) is 9.59 Å². The maximum Gasteiger partial charge on any atom is 0.279 e. The molecule has 1 aromatic rings. The van der Waals surface area contributed by atoms with E-state index >= 15 is 0 Å². The fraction of sp³-hybridized carbons (Fsp3) is 0.333. The Hall–Kier alpha value is -1.01. The minimum atomic E-state index is -0.416. The molecule has 1 heterocycles. The lowest BCUT2D eigenvalue weighted by molar-refractivity contribution is -0.122. The molecule has 1 aliphatic heterocycles. The van der Waals surface area contributed by atoms with Crippen LogP contribution >= 0.6 is 27.7 Å². The molecule has 1 aromatic carbocycles. The van der Waals surface area contributed by atoms with Crippen LogP contribution in [-0.2, 0) is 4.79 Å². The SMILES string of the molecule is C[C@H](NC(=O)[C@H]1CSC(=O)N1)c1ccc(Br)cc1. The van der Waals surface area contributed by atoms with Gasteiger partial charge in [0, 0.05) is 10.2 Å². The second-order valence-electron chi connectivity index (χ2n) is 4.08. The number of hydrogen-bond donors (Lipinski definition) is 2. The average molecular weight is 329 g/mol. The lowest BCUT2D eigenvalue weighted by Crippen LogP contribution is -2.43. The molecule has 6 heteroatoms. The van der Waals surface area contributed by atoms with Gasteiger partial charge in [-0.1, -0.05) is 39.8 Å². The van der Waals surface area contributed by atoms with E-state index in [0.717, 1.165) is 21.8 Å². The molecule has 2 amide bonds. The van der Waals surface area contributed by atoms with Gasteiger partial charge < -0.3 is 10.6 Å². The minimum Gasteiger partial charge on any atom is -0.348 e. The largest absolute Gasteiger partial charge is 0.348 e. The molecule has 4 nitrogen and oxygen atoms in total. The zero-order valence-electron chi connectivity index (χ0n) is 9.77. The standard InChI is InChI=1S/C12H13BrN2O2S/c1-7(8-2-4-9(13)5-3-8)14-11(16)10-6-18-12(17)15-10/h2-5,7,10H,6H2,1H3,(H,14,16)(H,15,17)/t7-,10+/m0/s1. The van der Waals surface area contributed by atoms with Gasteiger partial charge in [-0.05, 0) is 24.6 Å². The fourth-order valence-electron chi connectivity index (χ4n) is 1.67. The summed E-state index contributed by atoms with van der Waals surface area (Å²) < 4.78 is 1.00. The van der Waals surface area contributed by atoms with Crippen LogP contribution < -0.4 is 10.6 Å². The Morgan fingerprint density at radius 3 is 2.72 bits per heavy atom. The zero-order chi connectivity index (χ0) is 13.1. The van der Waals surface area contributed by atoms with Crippen molar-refractivity contribution in [2.24, 2.45) is 0 Å². The first kappa shape index (κ1) is 13.4. The van der Waals surface area contributed by atoms with Crippen LogP contribution in [0.5, 0.6) is 0 Å². The lowest BCUT2D eigenvalue weighted by Gasteiger charge is -2.17. The number of carbonyl (C=O) groups is 2. The van der Waals surface area contributed by atoms with Gasteiger partial charge in [-0.2, -0.15) is 0 Å². The highest BCUT2D eigenvalue weighted by Crippen LogP contribution is 2.18. The molecular weight excluding hydrogens is 316 g/mol. The van der Waals surface area contributed by atoms with Crippen molar-refractivity contribution in [2.75, 3.05) is 5.75 Å². The van der Waals surface area contributed by atoms with E-state index in [-0.39, 0.29) is 17.2 Å². The third kappa shape index (κ3) is 3.26. The van der Waals surface area contributed by atoms with E-state index in [1.807, 2.05) is 31.2 Å². The Kier molecular flexibility index (Phi) is 4.29. The fourth-order valence-corrected chi connectivity index (χ4v) is 2.72. The number of nitrogens with one attached hydrogen (secondary N) is 2. The molecule has 0 spiro atoms. The number of benzene rings is 1. The number of halogens is 1. The van der Waals surface area contributed by atoms with Crippen molar-refractivity contribution in [2.45, 2.75) is 19.0 Å². The Morgan fingerprint density at radius 2 is 2.17 bits per heavy atom. The highest BCUT2D eigenvalue weighted by atomic mass is 79.9. The second-order valence-corrected chi connectivity index (χ2v) is 5.99. The van der Waals surface area contributed by atoms with E-state index < -0.39 is 6.04 Å². The number of carbonyl (C=O) groups excluding carboxylic acids is 2. The van der Waals surface area contributed by atoms with Crippen molar-refractivity contribution in [1.29, 1.82) is 0 Å². The van der Waals surface area contributed by atoms with Crippen LogP contribution in [0.4, 0.5) is 4.79 Å². The van der Waals surface area contributed by atoms with Crippen LogP contribution in [0.1, 0.15) is 18.5 Å². The van der Waals surface area contributed by atoms with Crippen molar-refractivity contribution >= 4 is 38.8 Å². The van der Waals surface area contributed by atoms with E-state index in [1.54, 1.807) is 0 Å². The topological polar surface area (TPSA) is 58.2 Å². The van der Waals surface area contributed by atoms with Gasteiger partial charge in [0.2, 0.25) is 5.91 Å². The van der Waals surface area contributed by atoms with Gasteiger partial charge in [-0.15, -0.1) is 0 Å². The predicted octanol–water partition coefficient (Wildman–Crippen LogP) is 2.45. The maximum absolute atomic E-state index is 11.9. The molecule has 2 atom stereocenters. The van der Waals surface area contributed by atoms with Gasteiger partial charge in [-0.25, -0.2) is 0 Å². The van der Waals surface area contributed by atoms with E-state index in [2.05, 4.69) is 26.6 Å². The normalized spacial score (nSPS) is 20.3. The first-order chi connectivity index (χ1) is 8.56. The summed E-state index contributed by atoms with van der Waals surface area (Å²) in [6, 6.07) is 7.29. The first-order valence-corrected chi connectivity index (χ1v) is 7.33. The second kappa shape index (κ2) is 5.75. The number of amides is 2. The summed E-state index contributed by atoms with van der Waals surface area (Å²) in [5, 5.41) is 5.39. The van der Waals surface area contributed by atoms with Gasteiger partial charge in [0.15, 0.2) is 0 Å². The first-order valence-electron chi connectivity index (χ1n) is 5.55. The van der Waals surface area contributed by atoms with Gasteiger partial charge in [0.05, 0.1) is 6.04 Å². The Balaban J connectivity index is 1.94. The number of hydrogen-bond acceptors (Lipinski definition) is 3. The molecule has 96 valence electrons. The molecule has 2 rings (SSSR count). The molecule has 0 aromatic heterocycles. The highest BCUT2D eigenvalue weighted by molar-refractivity contribution is 9.10. The van der Waals surface area contributed by atoms with Crippen LogP contribution in [0.15, 0.2) is 28.7 Å². The monoisotopic (exact) mass is 328 g/mol. The third-order valence-electron chi connectivity index (χ3n) is 2.72. The Morgan fingerprint density at radius 1 is 1.50 bits per heavy atom. The smallest absolute Gasteiger partial charge is 0.279 e. The molecule has 0 aliphatic carbocycles. The predicted molar refractivity (Wildman–Crippen MR) is 75.5 cm³/mol. The average Bonchev–Trinajstić information content (AvgIpc) is 2.76. The highest BCUT2D eigenvalue weighted by Gasteiger charge is 2.28. The molecular formula is C12H13BrN2O2S. The van der Waals surface area contributed by atoms with Gasteiger partial charge >= 0.3 is 0 Å². The summed E-state index contributed by atoms with van der Waals surface area (Å²) >= 11 is 4.51. The minimum absolute atomic E-state index is 0.0758. The third-order valence-corrected chi connectivity index (χ3v) is 4.13. The quantitative estimate of drug-likeness (QED) is 0.896. The molecule has 1 saturated heterocycles. The van der Waals surface area contributed by atoms with E-state index in [1.165, 1.54) is 0 Å².